The largest absolute Gasteiger partial charge is 0.393 e. The first-order valence-electron chi connectivity index (χ1n) is 9.45. The number of hydrogen-bond donors (Lipinski definition) is 3. The maximum atomic E-state index is 9.71. The molecule has 1 aliphatic rings. The van der Waals surface area contributed by atoms with Crippen molar-refractivity contribution in [3.8, 4) is 0 Å². The monoisotopic (exact) mass is 474 g/mol. The molecule has 26 heavy (non-hydrogen) atoms. The van der Waals surface area contributed by atoms with E-state index < -0.39 is 0 Å². The molecule has 5 nitrogen and oxygen atoms in total. The highest BCUT2D eigenvalue weighted by Crippen LogP contribution is 2.17. The molecule has 0 aliphatic carbocycles. The van der Waals surface area contributed by atoms with Gasteiger partial charge in [-0.05, 0) is 46.1 Å². The first kappa shape index (κ1) is 23.2. The number of halogens is 1. The van der Waals surface area contributed by atoms with Crippen LogP contribution in [0.25, 0.3) is 0 Å². The van der Waals surface area contributed by atoms with Crippen LogP contribution in [0.5, 0.6) is 0 Å². The summed E-state index contributed by atoms with van der Waals surface area (Å²) in [6, 6.07) is 10.8. The van der Waals surface area contributed by atoms with Crippen LogP contribution >= 0.6 is 24.0 Å². The van der Waals surface area contributed by atoms with Crippen molar-refractivity contribution < 1.29 is 5.11 Å². The summed E-state index contributed by atoms with van der Waals surface area (Å²) in [5.41, 5.74) is 1.18. The second-order valence-corrected chi connectivity index (χ2v) is 7.55. The van der Waals surface area contributed by atoms with Gasteiger partial charge >= 0.3 is 0 Å². The van der Waals surface area contributed by atoms with Crippen LogP contribution in [-0.2, 0) is 0 Å². The Morgan fingerprint density at radius 2 is 1.88 bits per heavy atom. The zero-order valence-corrected chi connectivity index (χ0v) is 18.9. The van der Waals surface area contributed by atoms with Crippen molar-refractivity contribution >= 4 is 29.9 Å². The van der Waals surface area contributed by atoms with Gasteiger partial charge in [0.25, 0.3) is 0 Å². The molecule has 0 aromatic heterocycles. The van der Waals surface area contributed by atoms with E-state index in [-0.39, 0.29) is 41.7 Å². The Morgan fingerprint density at radius 3 is 2.46 bits per heavy atom. The summed E-state index contributed by atoms with van der Waals surface area (Å²) in [5.74, 6) is 0.955. The highest BCUT2D eigenvalue weighted by Gasteiger charge is 2.23. The van der Waals surface area contributed by atoms with Crippen LogP contribution in [0.15, 0.2) is 35.3 Å². The SMILES string of the molecule is CCNC(=NCC(C)(C)NC(C)c1ccccc1)N1CCC(O)CC1.I. The van der Waals surface area contributed by atoms with E-state index in [1.165, 1.54) is 5.56 Å². The third-order valence-electron chi connectivity index (χ3n) is 4.63. The normalized spacial score (nSPS) is 17.6. The molecule has 148 valence electrons. The summed E-state index contributed by atoms with van der Waals surface area (Å²) < 4.78 is 0. The molecule has 1 fully saturated rings. The summed E-state index contributed by atoms with van der Waals surface area (Å²) in [6.07, 6.45) is 1.47. The number of piperidine rings is 1. The van der Waals surface area contributed by atoms with Crippen LogP contribution in [0.3, 0.4) is 0 Å². The molecule has 1 atom stereocenters. The third-order valence-corrected chi connectivity index (χ3v) is 4.63. The van der Waals surface area contributed by atoms with Crippen molar-refractivity contribution in [2.75, 3.05) is 26.2 Å². The smallest absolute Gasteiger partial charge is 0.193 e. The number of hydrogen-bond acceptors (Lipinski definition) is 3. The molecule has 0 bridgehead atoms. The first-order chi connectivity index (χ1) is 11.9. The number of benzene rings is 1. The van der Waals surface area contributed by atoms with Gasteiger partial charge in [0.2, 0.25) is 0 Å². The van der Waals surface area contributed by atoms with E-state index >= 15 is 0 Å². The van der Waals surface area contributed by atoms with E-state index in [0.29, 0.717) is 6.54 Å². The Hall–Kier alpha value is -0.860. The van der Waals surface area contributed by atoms with Gasteiger partial charge in [0.1, 0.15) is 0 Å². The van der Waals surface area contributed by atoms with Gasteiger partial charge in [-0.1, -0.05) is 30.3 Å². The van der Waals surface area contributed by atoms with Gasteiger partial charge in [0.05, 0.1) is 12.6 Å². The van der Waals surface area contributed by atoms with Crippen molar-refractivity contribution in [3.63, 3.8) is 0 Å². The lowest BCUT2D eigenvalue weighted by atomic mass is 10.0. The molecule has 1 aromatic carbocycles. The van der Waals surface area contributed by atoms with Crippen molar-refractivity contribution in [2.24, 2.45) is 4.99 Å². The minimum absolute atomic E-state index is 0. The predicted molar refractivity (Wildman–Crippen MR) is 120 cm³/mol. The van der Waals surface area contributed by atoms with Gasteiger partial charge < -0.3 is 20.6 Å². The van der Waals surface area contributed by atoms with Crippen LogP contribution in [0.2, 0.25) is 0 Å². The second kappa shape index (κ2) is 11.1. The highest BCUT2D eigenvalue weighted by atomic mass is 127. The Labute approximate surface area is 175 Å². The van der Waals surface area contributed by atoms with E-state index in [4.69, 9.17) is 4.99 Å². The summed E-state index contributed by atoms with van der Waals surface area (Å²) in [4.78, 5) is 7.12. The first-order valence-corrected chi connectivity index (χ1v) is 9.45. The summed E-state index contributed by atoms with van der Waals surface area (Å²) in [6.45, 7) is 12.0. The van der Waals surface area contributed by atoms with Gasteiger partial charge in [-0.15, -0.1) is 24.0 Å². The molecule has 0 spiro atoms. The lowest BCUT2D eigenvalue weighted by Gasteiger charge is -2.34. The number of aliphatic imine (C=N–C) groups is 1. The van der Waals surface area contributed by atoms with Crippen molar-refractivity contribution in [3.05, 3.63) is 35.9 Å². The summed E-state index contributed by atoms with van der Waals surface area (Å²) in [5, 5.41) is 16.8. The van der Waals surface area contributed by atoms with Crippen LogP contribution in [0.4, 0.5) is 0 Å². The standard InChI is InChI=1S/C20H34N4O.HI/c1-5-21-19(24-13-11-18(25)12-14-24)22-15-20(3,4)23-16(2)17-9-7-6-8-10-17;/h6-10,16,18,23,25H,5,11-15H2,1-4H3,(H,21,22);1H. The molecule has 3 N–H and O–H groups in total. The highest BCUT2D eigenvalue weighted by molar-refractivity contribution is 14.0. The van der Waals surface area contributed by atoms with Crippen LogP contribution in [0.1, 0.15) is 52.1 Å². The Bertz CT molecular complexity index is 542. The summed E-state index contributed by atoms with van der Waals surface area (Å²) in [7, 11) is 0. The number of nitrogens with zero attached hydrogens (tertiary/aromatic N) is 2. The van der Waals surface area contributed by atoms with Crippen LogP contribution in [-0.4, -0.2) is 53.8 Å². The molecule has 1 heterocycles. The quantitative estimate of drug-likeness (QED) is 0.337. The van der Waals surface area contributed by atoms with Gasteiger partial charge in [0, 0.05) is 31.2 Å². The molecule has 0 radical (unpaired) electrons. The zero-order valence-electron chi connectivity index (χ0n) is 16.5. The molecular weight excluding hydrogens is 439 g/mol. The number of likely N-dealkylation sites (tertiary alicyclic amines) is 1. The predicted octanol–water partition coefficient (Wildman–Crippen LogP) is 3.16. The van der Waals surface area contributed by atoms with E-state index in [2.05, 4.69) is 67.5 Å². The number of aliphatic hydroxyl groups is 1. The number of aliphatic hydroxyl groups excluding tert-OH is 1. The average Bonchev–Trinajstić information content (AvgIpc) is 2.60. The number of guanidine groups is 1. The fraction of sp³-hybridized carbons (Fsp3) is 0.650. The molecule has 6 heteroatoms. The molecular formula is C20H35IN4O. The van der Waals surface area contributed by atoms with E-state index in [9.17, 15) is 5.11 Å². The average molecular weight is 474 g/mol. The van der Waals surface area contributed by atoms with Crippen LogP contribution < -0.4 is 10.6 Å². The fourth-order valence-corrected chi connectivity index (χ4v) is 3.23. The van der Waals surface area contributed by atoms with Crippen molar-refractivity contribution in [1.29, 1.82) is 0 Å². The molecule has 1 aliphatic heterocycles. The zero-order chi connectivity index (χ0) is 18.3. The topological polar surface area (TPSA) is 59.9 Å². The maximum absolute atomic E-state index is 9.71. The lowest BCUT2D eigenvalue weighted by molar-refractivity contribution is 0.108. The Balaban J connectivity index is 0.00000338. The second-order valence-electron chi connectivity index (χ2n) is 7.55. The van der Waals surface area contributed by atoms with Gasteiger partial charge in [-0.25, -0.2) is 0 Å². The van der Waals surface area contributed by atoms with E-state index in [0.717, 1.165) is 38.4 Å². The summed E-state index contributed by atoms with van der Waals surface area (Å²) >= 11 is 0. The minimum atomic E-state index is -0.163. The maximum Gasteiger partial charge on any atom is 0.193 e. The molecule has 0 amide bonds. The fourth-order valence-electron chi connectivity index (χ4n) is 3.23. The van der Waals surface area contributed by atoms with Gasteiger partial charge in [-0.3, -0.25) is 4.99 Å². The molecule has 0 saturated carbocycles. The number of rotatable bonds is 6. The van der Waals surface area contributed by atoms with Gasteiger partial charge in [0.15, 0.2) is 5.96 Å². The van der Waals surface area contributed by atoms with Crippen molar-refractivity contribution in [1.82, 2.24) is 15.5 Å². The minimum Gasteiger partial charge on any atom is -0.393 e. The van der Waals surface area contributed by atoms with Crippen LogP contribution in [0, 0.1) is 0 Å². The Kier molecular flexibility index (Phi) is 9.89. The lowest BCUT2D eigenvalue weighted by Crippen LogP contribution is -2.48. The van der Waals surface area contributed by atoms with Crippen molar-refractivity contribution in [2.45, 2.75) is 58.2 Å². The molecule has 1 saturated heterocycles. The molecule has 1 aromatic rings. The number of nitrogens with one attached hydrogen (secondary N) is 2. The van der Waals surface area contributed by atoms with E-state index in [1.807, 2.05) is 6.07 Å². The third kappa shape index (κ3) is 7.40. The Morgan fingerprint density at radius 1 is 1.27 bits per heavy atom. The van der Waals surface area contributed by atoms with Gasteiger partial charge in [-0.2, -0.15) is 0 Å². The molecule has 2 rings (SSSR count). The molecule has 1 unspecified atom stereocenters. The van der Waals surface area contributed by atoms with E-state index in [1.54, 1.807) is 0 Å².